The zero-order valence-electron chi connectivity index (χ0n) is 21.9. The van der Waals surface area contributed by atoms with Crippen LogP contribution in [0.25, 0.3) is 6.08 Å². The second-order valence-electron chi connectivity index (χ2n) is 10.6. The summed E-state index contributed by atoms with van der Waals surface area (Å²) in [7, 11) is 0. The van der Waals surface area contributed by atoms with Crippen molar-refractivity contribution in [2.24, 2.45) is 17.3 Å². The molecule has 2 rings (SSSR count). The number of carbonyl (C=O) groups excluding carboxylic acids is 2. The zero-order valence-corrected chi connectivity index (χ0v) is 22.7. The van der Waals surface area contributed by atoms with Crippen molar-refractivity contribution in [3.05, 3.63) is 33.3 Å². The smallest absolute Gasteiger partial charge is 0.223 e. The summed E-state index contributed by atoms with van der Waals surface area (Å²) in [5, 5.41) is 36.5. The van der Waals surface area contributed by atoms with Gasteiger partial charge >= 0.3 is 0 Å². The summed E-state index contributed by atoms with van der Waals surface area (Å²) < 4.78 is 0. The highest BCUT2D eigenvalue weighted by molar-refractivity contribution is 7.09. The van der Waals surface area contributed by atoms with E-state index in [1.807, 2.05) is 25.3 Å². The Balaban J connectivity index is 2.33. The normalized spacial score (nSPS) is 30.0. The maximum Gasteiger partial charge on any atom is 0.223 e. The van der Waals surface area contributed by atoms with Crippen LogP contribution in [0.2, 0.25) is 0 Å². The molecule has 4 N–H and O–H groups in total. The minimum absolute atomic E-state index is 0.0502. The fourth-order valence-electron chi connectivity index (χ4n) is 4.53. The molecule has 0 aliphatic carbocycles. The number of thiazole rings is 1. The summed E-state index contributed by atoms with van der Waals surface area (Å²) in [6.07, 6.45) is 4.98. The van der Waals surface area contributed by atoms with Gasteiger partial charge in [0.15, 0.2) is 0 Å². The predicted octanol–water partition coefficient (Wildman–Crippen LogP) is 4.02. The molecule has 7 nitrogen and oxygen atoms in total. The number of rotatable bonds is 3. The van der Waals surface area contributed by atoms with Crippen molar-refractivity contribution in [3.8, 4) is 0 Å². The molecule has 0 aromatic carbocycles. The Labute approximate surface area is 213 Å². The number of Topliss-reactive ketones (excluding diaryl/α,β-unsaturated/α-hetero) is 1. The van der Waals surface area contributed by atoms with Crippen LogP contribution in [0.3, 0.4) is 0 Å². The van der Waals surface area contributed by atoms with Gasteiger partial charge in [-0.3, -0.25) is 9.59 Å². The van der Waals surface area contributed by atoms with Crippen molar-refractivity contribution in [2.45, 2.75) is 98.5 Å². The van der Waals surface area contributed by atoms with Crippen molar-refractivity contribution in [2.75, 3.05) is 0 Å². The number of allylic oxidation sites excluding steroid dienone is 1. The molecule has 8 heteroatoms. The first-order valence-electron chi connectivity index (χ1n) is 12.5. The standard InChI is InChI=1S/C27H42N2O5S/c1-16-8-7-9-17(2)25(33)19(4)26(34)27(5,6)22(31)13-23(32)29-21(11-10-16)18(3)12-20-15-35-24(14-30)28-20/h10,12,15,17,19,21-22,25,30-31,33H,7-9,11,13-14H2,1-6H3,(H,29,32)/t17-,19+,21?,22-,25-/m0/s1. The molecule has 0 fully saturated rings. The fourth-order valence-corrected chi connectivity index (χ4v) is 5.14. The molecule has 0 bridgehead atoms. The second kappa shape index (κ2) is 12.9. The average molecular weight is 507 g/mol. The minimum atomic E-state index is -1.18. The third-order valence-electron chi connectivity index (χ3n) is 7.25. The summed E-state index contributed by atoms with van der Waals surface area (Å²) in [6.45, 7) is 10.8. The van der Waals surface area contributed by atoms with Crippen LogP contribution in [-0.2, 0) is 16.2 Å². The number of aromatic nitrogens is 1. The van der Waals surface area contributed by atoms with Crippen LogP contribution in [0.5, 0.6) is 0 Å². The zero-order chi connectivity index (χ0) is 26.3. The molecule has 35 heavy (non-hydrogen) atoms. The van der Waals surface area contributed by atoms with E-state index in [4.69, 9.17) is 0 Å². The van der Waals surface area contributed by atoms with E-state index in [1.165, 1.54) is 16.9 Å². The number of aliphatic hydroxyl groups excluding tert-OH is 3. The fraction of sp³-hybridized carbons (Fsp3) is 0.667. The number of amides is 1. The number of nitrogens with zero attached hydrogens (tertiary/aromatic N) is 1. The molecule has 0 radical (unpaired) electrons. The Morgan fingerprint density at radius 2 is 1.97 bits per heavy atom. The quantitative estimate of drug-likeness (QED) is 0.460. The predicted molar refractivity (Wildman–Crippen MR) is 140 cm³/mol. The van der Waals surface area contributed by atoms with Gasteiger partial charge in [0, 0.05) is 11.3 Å². The second-order valence-corrected chi connectivity index (χ2v) is 11.5. The van der Waals surface area contributed by atoms with E-state index in [2.05, 4.69) is 23.3 Å². The van der Waals surface area contributed by atoms with Crippen LogP contribution in [0.1, 0.15) is 84.3 Å². The van der Waals surface area contributed by atoms with Crippen molar-refractivity contribution in [1.29, 1.82) is 0 Å². The van der Waals surface area contributed by atoms with Gasteiger partial charge in [-0.15, -0.1) is 11.3 Å². The third-order valence-corrected chi connectivity index (χ3v) is 8.11. The summed E-state index contributed by atoms with van der Waals surface area (Å²) in [5.74, 6) is -1.27. The molecule has 1 amide bonds. The van der Waals surface area contributed by atoms with Crippen LogP contribution in [0, 0.1) is 17.3 Å². The molecule has 2 heterocycles. The summed E-state index contributed by atoms with van der Waals surface area (Å²) in [4.78, 5) is 30.5. The lowest BCUT2D eigenvalue weighted by atomic mass is 9.73. The summed E-state index contributed by atoms with van der Waals surface area (Å²) in [5.41, 5.74) is 1.67. The van der Waals surface area contributed by atoms with E-state index in [1.54, 1.807) is 20.8 Å². The maximum atomic E-state index is 13.2. The first-order valence-corrected chi connectivity index (χ1v) is 13.3. The molecule has 0 saturated heterocycles. The average Bonchev–Trinajstić information content (AvgIpc) is 3.26. The lowest BCUT2D eigenvalue weighted by Crippen LogP contribution is -2.47. The molecule has 1 unspecified atom stereocenters. The third kappa shape index (κ3) is 8.07. The Bertz CT molecular complexity index is 936. The molecule has 0 spiro atoms. The van der Waals surface area contributed by atoms with Gasteiger partial charge in [0.05, 0.1) is 42.4 Å². The van der Waals surface area contributed by atoms with E-state index >= 15 is 0 Å². The van der Waals surface area contributed by atoms with E-state index in [-0.39, 0.29) is 36.7 Å². The topological polar surface area (TPSA) is 120 Å². The van der Waals surface area contributed by atoms with Crippen molar-refractivity contribution in [3.63, 3.8) is 0 Å². The molecular weight excluding hydrogens is 464 g/mol. The van der Waals surface area contributed by atoms with Crippen LogP contribution in [0.15, 0.2) is 22.6 Å². The van der Waals surface area contributed by atoms with Crippen LogP contribution in [-0.4, -0.2) is 50.2 Å². The van der Waals surface area contributed by atoms with Crippen LogP contribution >= 0.6 is 11.3 Å². The van der Waals surface area contributed by atoms with Gasteiger partial charge < -0.3 is 20.6 Å². The molecule has 1 aromatic rings. The maximum absolute atomic E-state index is 13.2. The van der Waals surface area contributed by atoms with Gasteiger partial charge in [-0.2, -0.15) is 0 Å². The SMILES string of the molecule is CC1=CCC(C(C)=Cc2csc(CO)n2)NC(=O)C[C@H](O)C(C)(C)C(=O)[C@H](C)[C@@H](O)[C@@H](C)CCC1. The van der Waals surface area contributed by atoms with E-state index in [0.29, 0.717) is 11.4 Å². The minimum Gasteiger partial charge on any atom is -0.392 e. The first kappa shape index (κ1) is 29.4. The number of carbonyl (C=O) groups is 2. The van der Waals surface area contributed by atoms with Crippen molar-refractivity contribution in [1.82, 2.24) is 10.3 Å². The van der Waals surface area contributed by atoms with Gasteiger partial charge in [-0.25, -0.2) is 4.98 Å². The van der Waals surface area contributed by atoms with E-state index in [9.17, 15) is 24.9 Å². The molecule has 196 valence electrons. The molecule has 5 atom stereocenters. The van der Waals surface area contributed by atoms with E-state index < -0.39 is 23.5 Å². The molecule has 1 aliphatic rings. The summed E-state index contributed by atoms with van der Waals surface area (Å²) >= 11 is 1.38. The lowest BCUT2D eigenvalue weighted by Gasteiger charge is -2.34. The number of nitrogens with one attached hydrogen (secondary N) is 1. The Hall–Kier alpha value is -1.87. The molecule has 1 aromatic heterocycles. The lowest BCUT2D eigenvalue weighted by molar-refractivity contribution is -0.143. The van der Waals surface area contributed by atoms with Gasteiger partial charge in [-0.05, 0) is 57.1 Å². The molecular formula is C27H42N2O5S. The Morgan fingerprint density at radius 3 is 2.60 bits per heavy atom. The van der Waals surface area contributed by atoms with Gasteiger partial charge in [0.25, 0.3) is 0 Å². The Kier molecular flexibility index (Phi) is 10.8. The van der Waals surface area contributed by atoms with Crippen molar-refractivity contribution < 1.29 is 24.9 Å². The van der Waals surface area contributed by atoms with E-state index in [0.717, 1.165) is 30.5 Å². The van der Waals surface area contributed by atoms with Crippen LogP contribution < -0.4 is 5.32 Å². The number of aliphatic hydroxyl groups is 3. The number of hydrogen-bond donors (Lipinski definition) is 4. The molecule has 0 saturated carbocycles. The highest BCUT2D eigenvalue weighted by Crippen LogP contribution is 2.32. The number of ketones is 1. The van der Waals surface area contributed by atoms with Gasteiger partial charge in [-0.1, -0.05) is 39.3 Å². The van der Waals surface area contributed by atoms with Gasteiger partial charge in [0.2, 0.25) is 5.91 Å². The van der Waals surface area contributed by atoms with Crippen LogP contribution in [0.4, 0.5) is 0 Å². The summed E-state index contributed by atoms with van der Waals surface area (Å²) in [6, 6.07) is -0.296. The monoisotopic (exact) mass is 506 g/mol. The molecule has 1 aliphatic heterocycles. The van der Waals surface area contributed by atoms with Gasteiger partial charge in [0.1, 0.15) is 10.8 Å². The largest absolute Gasteiger partial charge is 0.392 e. The Morgan fingerprint density at radius 1 is 1.29 bits per heavy atom. The van der Waals surface area contributed by atoms with Crippen molar-refractivity contribution >= 4 is 29.1 Å². The highest BCUT2D eigenvalue weighted by Gasteiger charge is 2.42. The first-order chi connectivity index (χ1) is 16.4. The number of hydrogen-bond acceptors (Lipinski definition) is 7. The highest BCUT2D eigenvalue weighted by atomic mass is 32.1.